The van der Waals surface area contributed by atoms with E-state index in [1.165, 1.54) is 0 Å². The molecule has 3 nitrogen and oxygen atoms in total. The molecule has 0 aromatic rings. The van der Waals surface area contributed by atoms with Gasteiger partial charge >= 0.3 is 0 Å². The summed E-state index contributed by atoms with van der Waals surface area (Å²) in [6.45, 7) is 7.43. The summed E-state index contributed by atoms with van der Waals surface area (Å²) in [6, 6.07) is 2.63. The van der Waals surface area contributed by atoms with Crippen molar-refractivity contribution in [2.24, 2.45) is 0 Å². The van der Waals surface area contributed by atoms with Crippen LogP contribution >= 0.6 is 12.6 Å². The van der Waals surface area contributed by atoms with Crippen molar-refractivity contribution in [3.63, 3.8) is 0 Å². The van der Waals surface area contributed by atoms with Crippen LogP contribution in [0.3, 0.4) is 0 Å². The van der Waals surface area contributed by atoms with Gasteiger partial charge in [0.2, 0.25) is 0 Å². The van der Waals surface area contributed by atoms with Gasteiger partial charge in [-0.15, -0.1) is 0 Å². The summed E-state index contributed by atoms with van der Waals surface area (Å²) in [4.78, 5) is 2.25. The van der Waals surface area contributed by atoms with Crippen LogP contribution < -0.4 is 0 Å². The second kappa shape index (κ2) is 9.32. The Balaban J connectivity index is 3.58. The molecule has 0 aliphatic heterocycles. The van der Waals surface area contributed by atoms with E-state index in [0.29, 0.717) is 19.1 Å². The maximum atomic E-state index is 8.49. The molecule has 0 amide bonds. The zero-order valence-electron chi connectivity index (χ0n) is 9.07. The lowest BCUT2D eigenvalue weighted by Crippen LogP contribution is -2.34. The van der Waals surface area contributed by atoms with Gasteiger partial charge in [0.15, 0.2) is 0 Å². The van der Waals surface area contributed by atoms with Gasteiger partial charge < -0.3 is 4.74 Å². The van der Waals surface area contributed by atoms with E-state index in [9.17, 15) is 0 Å². The molecule has 0 unspecified atom stereocenters. The standard InChI is InChI=1S/C10H20N2OS/c1-10(2)12(5-3-4-11)6-7-13-8-9-14/h10,14H,3,5-9H2,1-2H3. The first-order valence-corrected chi connectivity index (χ1v) is 5.65. The molecule has 0 saturated carbocycles. The summed E-state index contributed by atoms with van der Waals surface area (Å²) >= 11 is 4.06. The smallest absolute Gasteiger partial charge is 0.0635 e. The van der Waals surface area contributed by atoms with Gasteiger partial charge in [-0.05, 0) is 13.8 Å². The lowest BCUT2D eigenvalue weighted by atomic mass is 10.3. The SMILES string of the molecule is CC(C)N(CCC#N)CCOCCS. The highest BCUT2D eigenvalue weighted by atomic mass is 32.1. The highest BCUT2D eigenvalue weighted by Gasteiger charge is 2.07. The predicted molar refractivity (Wildman–Crippen MR) is 61.6 cm³/mol. The maximum absolute atomic E-state index is 8.49. The van der Waals surface area contributed by atoms with Gasteiger partial charge in [0.25, 0.3) is 0 Å². The highest BCUT2D eigenvalue weighted by molar-refractivity contribution is 7.80. The Labute approximate surface area is 92.4 Å². The third kappa shape index (κ3) is 7.19. The fourth-order valence-electron chi connectivity index (χ4n) is 1.17. The third-order valence-electron chi connectivity index (χ3n) is 2.00. The van der Waals surface area contributed by atoms with Gasteiger partial charge in [0.1, 0.15) is 0 Å². The second-order valence-corrected chi connectivity index (χ2v) is 3.82. The minimum absolute atomic E-state index is 0.475. The molecule has 0 aromatic heterocycles. The zero-order chi connectivity index (χ0) is 10.8. The molecule has 82 valence electrons. The van der Waals surface area contributed by atoms with Crippen LogP contribution in [-0.2, 0) is 4.74 Å². The summed E-state index contributed by atoms with van der Waals surface area (Å²) in [7, 11) is 0. The zero-order valence-corrected chi connectivity index (χ0v) is 9.96. The molecule has 0 aliphatic carbocycles. The van der Waals surface area contributed by atoms with Crippen LogP contribution in [0.4, 0.5) is 0 Å². The minimum Gasteiger partial charge on any atom is -0.379 e. The van der Waals surface area contributed by atoms with E-state index in [0.717, 1.165) is 25.4 Å². The number of hydrogen-bond acceptors (Lipinski definition) is 4. The van der Waals surface area contributed by atoms with Gasteiger partial charge in [-0.25, -0.2) is 0 Å². The van der Waals surface area contributed by atoms with Crippen molar-refractivity contribution in [1.82, 2.24) is 4.90 Å². The fourth-order valence-corrected chi connectivity index (χ4v) is 1.30. The molecular weight excluding hydrogens is 196 g/mol. The average Bonchev–Trinajstić information content (AvgIpc) is 2.16. The Bertz CT molecular complexity index is 168. The van der Waals surface area contributed by atoms with Crippen LogP contribution in [0.25, 0.3) is 0 Å². The minimum atomic E-state index is 0.475. The molecule has 4 heteroatoms. The number of ether oxygens (including phenoxy) is 1. The van der Waals surface area contributed by atoms with Crippen LogP contribution in [0.2, 0.25) is 0 Å². The summed E-state index contributed by atoms with van der Waals surface area (Å²) in [5, 5.41) is 8.49. The molecule has 0 bridgehead atoms. The van der Waals surface area contributed by atoms with Gasteiger partial charge in [-0.1, -0.05) is 0 Å². The number of thiol groups is 1. The molecule has 0 heterocycles. The van der Waals surface area contributed by atoms with E-state index in [1.807, 2.05) is 0 Å². The Kier molecular flexibility index (Phi) is 9.16. The quantitative estimate of drug-likeness (QED) is 0.494. The molecule has 0 rings (SSSR count). The van der Waals surface area contributed by atoms with Crippen molar-refractivity contribution >= 4 is 12.6 Å². The maximum Gasteiger partial charge on any atom is 0.0635 e. The van der Waals surface area contributed by atoms with E-state index < -0.39 is 0 Å². The van der Waals surface area contributed by atoms with Crippen molar-refractivity contribution < 1.29 is 4.74 Å². The summed E-state index contributed by atoms with van der Waals surface area (Å²) in [5.41, 5.74) is 0. The van der Waals surface area contributed by atoms with Crippen LogP contribution in [0.1, 0.15) is 20.3 Å². The van der Waals surface area contributed by atoms with E-state index in [1.54, 1.807) is 0 Å². The van der Waals surface area contributed by atoms with Crippen molar-refractivity contribution in [2.45, 2.75) is 26.3 Å². The van der Waals surface area contributed by atoms with E-state index in [4.69, 9.17) is 10.00 Å². The first kappa shape index (κ1) is 13.8. The first-order valence-electron chi connectivity index (χ1n) is 5.02. The molecule has 0 spiro atoms. The lowest BCUT2D eigenvalue weighted by molar-refractivity contribution is 0.104. The number of nitriles is 1. The first-order chi connectivity index (χ1) is 6.72. The number of rotatable bonds is 8. The van der Waals surface area contributed by atoms with Crippen molar-refractivity contribution in [2.75, 3.05) is 32.1 Å². The molecule has 0 atom stereocenters. The molecule has 0 aromatic carbocycles. The van der Waals surface area contributed by atoms with Crippen molar-refractivity contribution in [3.8, 4) is 6.07 Å². The fraction of sp³-hybridized carbons (Fsp3) is 0.900. The van der Waals surface area contributed by atoms with Crippen LogP contribution in [0, 0.1) is 11.3 Å². The van der Waals surface area contributed by atoms with Crippen molar-refractivity contribution in [3.05, 3.63) is 0 Å². The third-order valence-corrected chi connectivity index (χ3v) is 2.18. The Morgan fingerprint density at radius 3 is 2.57 bits per heavy atom. The molecule has 0 fully saturated rings. The van der Waals surface area contributed by atoms with Crippen LogP contribution in [0.5, 0.6) is 0 Å². The van der Waals surface area contributed by atoms with Gasteiger partial charge in [0.05, 0.1) is 19.3 Å². The molecule has 0 N–H and O–H groups in total. The van der Waals surface area contributed by atoms with E-state index in [2.05, 4.69) is 37.4 Å². The van der Waals surface area contributed by atoms with Gasteiger partial charge in [-0.3, -0.25) is 4.90 Å². The van der Waals surface area contributed by atoms with E-state index >= 15 is 0 Å². The number of nitrogens with zero attached hydrogens (tertiary/aromatic N) is 2. The Hall–Kier alpha value is -0.240. The van der Waals surface area contributed by atoms with E-state index in [-0.39, 0.29) is 0 Å². The Morgan fingerprint density at radius 2 is 2.07 bits per heavy atom. The molecule has 0 saturated heterocycles. The highest BCUT2D eigenvalue weighted by Crippen LogP contribution is 1.99. The molecule has 0 radical (unpaired) electrons. The normalized spacial score (nSPS) is 10.9. The van der Waals surface area contributed by atoms with Crippen LogP contribution in [-0.4, -0.2) is 43.0 Å². The van der Waals surface area contributed by atoms with Crippen molar-refractivity contribution in [1.29, 1.82) is 5.26 Å². The monoisotopic (exact) mass is 216 g/mol. The van der Waals surface area contributed by atoms with Gasteiger partial charge in [-0.2, -0.15) is 17.9 Å². The summed E-state index contributed by atoms with van der Waals surface area (Å²) in [5.74, 6) is 0.764. The van der Waals surface area contributed by atoms with Crippen LogP contribution in [0.15, 0.2) is 0 Å². The molecule has 0 aliphatic rings. The second-order valence-electron chi connectivity index (χ2n) is 3.37. The average molecular weight is 216 g/mol. The Morgan fingerprint density at radius 1 is 1.36 bits per heavy atom. The molecular formula is C10H20N2OS. The topological polar surface area (TPSA) is 36.3 Å². The van der Waals surface area contributed by atoms with Gasteiger partial charge in [0, 0.05) is 31.3 Å². The number of hydrogen-bond donors (Lipinski definition) is 1. The lowest BCUT2D eigenvalue weighted by Gasteiger charge is -2.25. The summed E-state index contributed by atoms with van der Waals surface area (Å²) < 4.78 is 5.34. The largest absolute Gasteiger partial charge is 0.379 e. The summed E-state index contributed by atoms with van der Waals surface area (Å²) in [6.07, 6.45) is 0.588. The predicted octanol–water partition coefficient (Wildman–Crippen LogP) is 1.56. The molecule has 14 heavy (non-hydrogen) atoms.